The van der Waals surface area contributed by atoms with Gasteiger partial charge < -0.3 is 9.16 Å². The van der Waals surface area contributed by atoms with Crippen molar-refractivity contribution in [3.05, 3.63) is 30.3 Å². The largest absolute Gasteiger partial charge is 0.464 e. The van der Waals surface area contributed by atoms with Crippen LogP contribution in [-0.4, -0.2) is 46.8 Å². The smallest absolute Gasteiger partial charge is 0.396 e. The van der Waals surface area contributed by atoms with Gasteiger partial charge in [-0.1, -0.05) is 39.0 Å². The average molecular weight is 469 g/mol. The van der Waals surface area contributed by atoms with Crippen molar-refractivity contribution in [2.24, 2.45) is 5.92 Å². The molecule has 10 heteroatoms. The Morgan fingerprint density at radius 1 is 1.03 bits per heavy atom. The van der Waals surface area contributed by atoms with Crippen molar-refractivity contribution in [2.75, 3.05) is 12.4 Å². The first-order valence-electron chi connectivity index (χ1n) is 10.0. The molecule has 172 valence electrons. The lowest BCUT2D eigenvalue weighted by molar-refractivity contribution is -0.222. The first-order valence-corrected chi connectivity index (χ1v) is 14.2. The van der Waals surface area contributed by atoms with Crippen LogP contribution >= 0.6 is 0 Å². The minimum Gasteiger partial charge on any atom is -0.464 e. The molecule has 0 aromatic heterocycles. The second-order valence-electron chi connectivity index (χ2n) is 7.36. The van der Waals surface area contributed by atoms with E-state index in [-0.39, 0.29) is 11.5 Å². The highest BCUT2D eigenvalue weighted by atomic mass is 32.2. The number of rotatable bonds is 11. The minimum atomic E-state index is -5.00. The molecule has 0 bridgehead atoms. The molecule has 0 aliphatic heterocycles. The zero-order valence-electron chi connectivity index (χ0n) is 18.1. The Morgan fingerprint density at radius 3 is 1.93 bits per heavy atom. The second-order valence-corrected chi connectivity index (χ2v) is 14.1. The van der Waals surface area contributed by atoms with E-state index >= 15 is 0 Å². The van der Waals surface area contributed by atoms with Crippen LogP contribution in [-0.2, 0) is 23.8 Å². The summed E-state index contributed by atoms with van der Waals surface area (Å²) >= 11 is 0. The Morgan fingerprint density at radius 2 is 1.53 bits per heavy atom. The summed E-state index contributed by atoms with van der Waals surface area (Å²) in [5.74, 6) is -5.08. The van der Waals surface area contributed by atoms with Gasteiger partial charge >= 0.3 is 12.1 Å². The number of ether oxygens (including phenoxy) is 1. The average Bonchev–Trinajstić information content (AvgIpc) is 2.70. The SMILES string of the molecule is CCOC(=O)C(C)(O[Si](CC)(CC)CC)C(CS(=O)(=O)c1ccccc1)C(F)(F)F. The fourth-order valence-corrected chi connectivity index (χ4v) is 8.22. The number of carbonyl (C=O) groups excluding carboxylic acids is 1. The maximum absolute atomic E-state index is 14.2. The first-order chi connectivity index (χ1) is 13.8. The van der Waals surface area contributed by atoms with Crippen molar-refractivity contribution in [1.82, 2.24) is 0 Å². The van der Waals surface area contributed by atoms with Gasteiger partial charge in [-0.15, -0.1) is 0 Å². The van der Waals surface area contributed by atoms with Gasteiger partial charge in [-0.2, -0.15) is 13.2 Å². The van der Waals surface area contributed by atoms with E-state index in [9.17, 15) is 26.4 Å². The molecule has 0 amide bonds. The molecule has 1 aromatic rings. The highest BCUT2D eigenvalue weighted by Crippen LogP contribution is 2.42. The van der Waals surface area contributed by atoms with E-state index in [1.165, 1.54) is 31.2 Å². The van der Waals surface area contributed by atoms with Gasteiger partial charge in [0.25, 0.3) is 0 Å². The molecular weight excluding hydrogens is 437 g/mol. The second kappa shape index (κ2) is 10.3. The van der Waals surface area contributed by atoms with E-state index in [0.717, 1.165) is 6.92 Å². The number of alkyl halides is 3. The van der Waals surface area contributed by atoms with Crippen molar-refractivity contribution < 1.29 is 35.5 Å². The maximum atomic E-state index is 14.2. The topological polar surface area (TPSA) is 69.7 Å². The van der Waals surface area contributed by atoms with Gasteiger partial charge in [0.2, 0.25) is 0 Å². The summed E-state index contributed by atoms with van der Waals surface area (Å²) in [7, 11) is -7.08. The molecule has 0 radical (unpaired) electrons. The molecule has 0 saturated heterocycles. The van der Waals surface area contributed by atoms with Gasteiger partial charge in [-0.25, -0.2) is 13.2 Å². The van der Waals surface area contributed by atoms with Gasteiger partial charge in [-0.3, -0.25) is 0 Å². The summed E-state index contributed by atoms with van der Waals surface area (Å²) in [6.07, 6.45) is -5.00. The Bertz CT molecular complexity index is 786. The Kier molecular flexibility index (Phi) is 9.13. The molecule has 0 aliphatic carbocycles. The zero-order chi connectivity index (χ0) is 23.2. The molecule has 5 nitrogen and oxygen atoms in total. The van der Waals surface area contributed by atoms with E-state index in [0.29, 0.717) is 18.1 Å². The van der Waals surface area contributed by atoms with Crippen molar-refractivity contribution in [2.45, 2.75) is 69.4 Å². The van der Waals surface area contributed by atoms with Gasteiger partial charge in [0.1, 0.15) is 5.92 Å². The summed E-state index contributed by atoms with van der Waals surface area (Å²) in [5, 5.41) is 0. The van der Waals surface area contributed by atoms with Crippen molar-refractivity contribution in [3.63, 3.8) is 0 Å². The predicted molar refractivity (Wildman–Crippen MR) is 111 cm³/mol. The molecule has 1 rings (SSSR count). The predicted octanol–water partition coefficient (Wildman–Crippen LogP) is 4.98. The Hall–Kier alpha value is -1.39. The molecule has 0 spiro atoms. The number of halogens is 3. The van der Waals surface area contributed by atoms with E-state index in [4.69, 9.17) is 9.16 Å². The lowest BCUT2D eigenvalue weighted by atomic mass is 9.90. The summed E-state index contributed by atoms with van der Waals surface area (Å²) in [6, 6.07) is 8.36. The van der Waals surface area contributed by atoms with Crippen LogP contribution in [0.3, 0.4) is 0 Å². The summed E-state index contributed by atoms with van der Waals surface area (Å²) in [6.45, 7) is 7.79. The fourth-order valence-electron chi connectivity index (χ4n) is 3.46. The number of hydrogen-bond donors (Lipinski definition) is 0. The van der Waals surface area contributed by atoms with Gasteiger partial charge in [0.15, 0.2) is 23.8 Å². The van der Waals surface area contributed by atoms with Crippen molar-refractivity contribution in [1.29, 1.82) is 0 Å². The summed E-state index contributed by atoms with van der Waals surface area (Å²) < 4.78 is 79.2. The molecule has 0 saturated carbocycles. The van der Waals surface area contributed by atoms with Gasteiger partial charge in [0.05, 0.1) is 17.3 Å². The maximum Gasteiger partial charge on any atom is 0.396 e. The quantitative estimate of drug-likeness (QED) is 0.338. The molecule has 0 fully saturated rings. The fraction of sp³-hybridized carbons (Fsp3) is 0.650. The number of sulfone groups is 1. The van der Waals surface area contributed by atoms with Crippen LogP contribution in [0.2, 0.25) is 18.1 Å². The van der Waals surface area contributed by atoms with Gasteiger partial charge in [0, 0.05) is 0 Å². The summed E-state index contributed by atoms with van der Waals surface area (Å²) in [4.78, 5) is 12.5. The Labute approximate surface area is 178 Å². The monoisotopic (exact) mass is 468 g/mol. The molecule has 2 unspecified atom stereocenters. The third-order valence-corrected chi connectivity index (χ3v) is 12.1. The molecule has 0 N–H and O–H groups in total. The van der Waals surface area contributed by atoms with Crippen LogP contribution in [0.25, 0.3) is 0 Å². The van der Waals surface area contributed by atoms with E-state index < -0.39 is 47.6 Å². The van der Waals surface area contributed by atoms with Crippen LogP contribution in [0.1, 0.15) is 34.6 Å². The summed E-state index contributed by atoms with van der Waals surface area (Å²) in [5.41, 5.74) is -2.47. The third kappa shape index (κ3) is 6.07. The lowest BCUT2D eigenvalue weighted by Gasteiger charge is -2.43. The molecule has 0 heterocycles. The molecule has 30 heavy (non-hydrogen) atoms. The van der Waals surface area contributed by atoms with E-state index in [1.54, 1.807) is 6.07 Å². The zero-order valence-corrected chi connectivity index (χ0v) is 19.9. The Balaban J connectivity index is 3.58. The highest BCUT2D eigenvalue weighted by molar-refractivity contribution is 7.91. The van der Waals surface area contributed by atoms with Crippen LogP contribution in [0.4, 0.5) is 13.2 Å². The van der Waals surface area contributed by atoms with Crippen LogP contribution in [0, 0.1) is 5.92 Å². The van der Waals surface area contributed by atoms with Crippen molar-refractivity contribution in [3.8, 4) is 0 Å². The number of esters is 1. The van der Waals surface area contributed by atoms with Crippen LogP contribution in [0.5, 0.6) is 0 Å². The van der Waals surface area contributed by atoms with E-state index in [1.807, 2.05) is 20.8 Å². The van der Waals surface area contributed by atoms with Crippen molar-refractivity contribution >= 4 is 24.1 Å². The minimum absolute atomic E-state index is 0.146. The molecular formula is C20H31F3O5SSi. The third-order valence-electron chi connectivity index (χ3n) is 5.59. The molecule has 1 aromatic carbocycles. The number of carbonyl (C=O) groups is 1. The van der Waals surface area contributed by atoms with Crippen LogP contribution in [0.15, 0.2) is 35.2 Å². The van der Waals surface area contributed by atoms with Gasteiger partial charge in [-0.05, 0) is 44.1 Å². The normalized spacial score (nSPS) is 16.0. The standard InChI is InChI=1S/C20H31F3O5SSi/c1-6-27-18(24)19(5,28-30(7-2,8-3)9-4)17(20(21,22)23)15-29(25,26)16-13-11-10-12-14-16/h10-14,17H,6-9,15H2,1-5H3. The molecule has 2 atom stereocenters. The highest BCUT2D eigenvalue weighted by Gasteiger charge is 2.60. The number of hydrogen-bond acceptors (Lipinski definition) is 5. The lowest BCUT2D eigenvalue weighted by Crippen LogP contribution is -2.60. The van der Waals surface area contributed by atoms with Crippen LogP contribution < -0.4 is 0 Å². The van der Waals surface area contributed by atoms with E-state index in [2.05, 4.69) is 0 Å². The first kappa shape index (κ1) is 26.6. The molecule has 0 aliphatic rings. The number of benzene rings is 1.